The van der Waals surface area contributed by atoms with Crippen LogP contribution in [0.4, 0.5) is 4.39 Å². The third-order valence-electron chi connectivity index (χ3n) is 2.57. The number of hydrogen-bond acceptors (Lipinski definition) is 2. The molecule has 1 aromatic carbocycles. The van der Waals surface area contributed by atoms with Crippen molar-refractivity contribution >= 4 is 22.5 Å². The van der Waals surface area contributed by atoms with E-state index in [1.807, 2.05) is 0 Å². The standard InChI is InChI=1S/C13H13ClFNO/c1-3-4-9-7-11(14)10-5-8(15)6-12(17-2)13(10)16-9/h5-7H,3-4H2,1-2H3. The van der Waals surface area contributed by atoms with Gasteiger partial charge in [0.25, 0.3) is 0 Å². The average molecular weight is 254 g/mol. The highest BCUT2D eigenvalue weighted by atomic mass is 35.5. The minimum absolute atomic E-state index is 0.374. The van der Waals surface area contributed by atoms with Crippen molar-refractivity contribution in [2.24, 2.45) is 0 Å². The molecule has 2 nitrogen and oxygen atoms in total. The van der Waals surface area contributed by atoms with E-state index in [0.717, 1.165) is 18.5 Å². The Kier molecular flexibility index (Phi) is 3.48. The van der Waals surface area contributed by atoms with E-state index in [1.54, 1.807) is 6.07 Å². The van der Waals surface area contributed by atoms with Gasteiger partial charge < -0.3 is 4.74 Å². The zero-order valence-electron chi connectivity index (χ0n) is 9.76. The quantitative estimate of drug-likeness (QED) is 0.825. The summed E-state index contributed by atoms with van der Waals surface area (Å²) in [4.78, 5) is 4.46. The van der Waals surface area contributed by atoms with Crippen LogP contribution in [0.5, 0.6) is 5.75 Å². The number of hydrogen-bond donors (Lipinski definition) is 0. The maximum atomic E-state index is 13.3. The van der Waals surface area contributed by atoms with E-state index in [2.05, 4.69) is 11.9 Å². The van der Waals surface area contributed by atoms with Crippen LogP contribution in [-0.2, 0) is 6.42 Å². The maximum Gasteiger partial charge on any atom is 0.148 e. The molecule has 2 aromatic rings. The first-order valence-corrected chi connectivity index (χ1v) is 5.86. The lowest BCUT2D eigenvalue weighted by atomic mass is 10.1. The highest BCUT2D eigenvalue weighted by Gasteiger charge is 2.10. The number of pyridine rings is 1. The predicted octanol–water partition coefficient (Wildman–Crippen LogP) is 3.99. The van der Waals surface area contributed by atoms with Crippen LogP contribution in [-0.4, -0.2) is 12.1 Å². The highest BCUT2D eigenvalue weighted by Crippen LogP contribution is 2.31. The molecule has 4 heteroatoms. The molecule has 2 rings (SSSR count). The topological polar surface area (TPSA) is 22.1 Å². The molecule has 17 heavy (non-hydrogen) atoms. The summed E-state index contributed by atoms with van der Waals surface area (Å²) in [5.41, 5.74) is 1.51. The Labute approximate surface area is 104 Å². The Morgan fingerprint density at radius 1 is 1.35 bits per heavy atom. The number of halogens is 2. The summed E-state index contributed by atoms with van der Waals surface area (Å²) in [6.45, 7) is 2.07. The van der Waals surface area contributed by atoms with Crippen LogP contribution < -0.4 is 4.74 Å². The second-order valence-corrected chi connectivity index (χ2v) is 4.26. The van der Waals surface area contributed by atoms with Gasteiger partial charge in [-0.3, -0.25) is 0 Å². The van der Waals surface area contributed by atoms with Gasteiger partial charge in [0.15, 0.2) is 0 Å². The molecular formula is C13H13ClFNO. The van der Waals surface area contributed by atoms with Crippen molar-refractivity contribution in [2.45, 2.75) is 19.8 Å². The van der Waals surface area contributed by atoms with E-state index in [0.29, 0.717) is 21.7 Å². The summed E-state index contributed by atoms with van der Waals surface area (Å²) < 4.78 is 18.5. The highest BCUT2D eigenvalue weighted by molar-refractivity contribution is 6.35. The molecule has 90 valence electrons. The van der Waals surface area contributed by atoms with Gasteiger partial charge in [-0.1, -0.05) is 24.9 Å². The summed E-state index contributed by atoms with van der Waals surface area (Å²) >= 11 is 6.14. The first kappa shape index (κ1) is 12.1. The number of ether oxygens (including phenoxy) is 1. The Morgan fingerprint density at radius 2 is 2.12 bits per heavy atom. The Bertz CT molecular complexity index is 557. The molecule has 0 N–H and O–H groups in total. The van der Waals surface area contributed by atoms with E-state index >= 15 is 0 Å². The molecule has 0 radical (unpaired) electrons. The van der Waals surface area contributed by atoms with Crippen LogP contribution in [0.1, 0.15) is 19.0 Å². The average Bonchev–Trinajstić information content (AvgIpc) is 2.30. The molecule has 0 fully saturated rings. The number of fused-ring (bicyclic) bond motifs is 1. The molecule has 0 aliphatic rings. The fourth-order valence-electron chi connectivity index (χ4n) is 1.81. The minimum Gasteiger partial charge on any atom is -0.494 e. The van der Waals surface area contributed by atoms with Gasteiger partial charge in [-0.05, 0) is 18.6 Å². The third kappa shape index (κ3) is 2.34. The number of nitrogens with zero attached hydrogens (tertiary/aromatic N) is 1. The van der Waals surface area contributed by atoms with Crippen LogP contribution >= 0.6 is 11.6 Å². The molecule has 0 spiro atoms. The molecular weight excluding hydrogens is 241 g/mol. The van der Waals surface area contributed by atoms with Crippen LogP contribution in [0.15, 0.2) is 18.2 Å². The first-order valence-electron chi connectivity index (χ1n) is 5.48. The van der Waals surface area contributed by atoms with Crippen molar-refractivity contribution in [2.75, 3.05) is 7.11 Å². The van der Waals surface area contributed by atoms with Crippen molar-refractivity contribution in [3.05, 3.63) is 34.7 Å². The second-order valence-electron chi connectivity index (χ2n) is 3.85. The first-order chi connectivity index (χ1) is 8.15. The molecule has 1 heterocycles. The molecule has 0 amide bonds. The van der Waals surface area contributed by atoms with Crippen molar-refractivity contribution < 1.29 is 9.13 Å². The fraction of sp³-hybridized carbons (Fsp3) is 0.308. The number of benzene rings is 1. The molecule has 1 aromatic heterocycles. The predicted molar refractivity (Wildman–Crippen MR) is 67.3 cm³/mol. The van der Waals surface area contributed by atoms with Crippen molar-refractivity contribution in [1.82, 2.24) is 4.98 Å². The molecule has 0 unspecified atom stereocenters. The molecule has 0 bridgehead atoms. The molecule has 0 aliphatic carbocycles. The maximum absolute atomic E-state index is 13.3. The summed E-state index contributed by atoms with van der Waals surface area (Å²) in [6.07, 6.45) is 1.83. The fourth-order valence-corrected chi connectivity index (χ4v) is 2.08. The number of aryl methyl sites for hydroxylation is 1. The third-order valence-corrected chi connectivity index (χ3v) is 2.88. The summed E-state index contributed by atoms with van der Waals surface area (Å²) in [5, 5.41) is 1.10. The lowest BCUT2D eigenvalue weighted by molar-refractivity contribution is 0.415. The lowest BCUT2D eigenvalue weighted by Crippen LogP contribution is -1.95. The minimum atomic E-state index is -0.374. The van der Waals surface area contributed by atoms with Gasteiger partial charge in [0.05, 0.1) is 12.1 Å². The van der Waals surface area contributed by atoms with Crippen LogP contribution in [0.25, 0.3) is 10.9 Å². The van der Waals surface area contributed by atoms with Gasteiger partial charge in [-0.15, -0.1) is 0 Å². The number of aromatic nitrogens is 1. The monoisotopic (exact) mass is 253 g/mol. The SMILES string of the molecule is CCCc1cc(Cl)c2cc(F)cc(OC)c2n1. The van der Waals surface area contributed by atoms with Crippen molar-refractivity contribution in [3.63, 3.8) is 0 Å². The Balaban J connectivity index is 2.72. The smallest absolute Gasteiger partial charge is 0.148 e. The van der Waals surface area contributed by atoms with Crippen molar-refractivity contribution in [1.29, 1.82) is 0 Å². The summed E-state index contributed by atoms with van der Waals surface area (Å²) in [6, 6.07) is 4.48. The van der Waals surface area contributed by atoms with Gasteiger partial charge >= 0.3 is 0 Å². The van der Waals surface area contributed by atoms with E-state index < -0.39 is 0 Å². The largest absolute Gasteiger partial charge is 0.494 e. The van der Waals surface area contributed by atoms with Crippen molar-refractivity contribution in [3.8, 4) is 5.75 Å². The number of rotatable bonds is 3. The molecule has 0 aliphatic heterocycles. The van der Waals surface area contributed by atoms with Gasteiger partial charge in [-0.2, -0.15) is 0 Å². The Morgan fingerprint density at radius 3 is 2.76 bits per heavy atom. The van der Waals surface area contributed by atoms with Gasteiger partial charge in [-0.25, -0.2) is 9.37 Å². The Hall–Kier alpha value is -1.35. The zero-order valence-corrected chi connectivity index (χ0v) is 10.5. The summed E-state index contributed by atoms with van der Waals surface area (Å²) in [5.74, 6) is 0.0427. The van der Waals surface area contributed by atoms with Crippen LogP contribution in [0, 0.1) is 5.82 Å². The number of methoxy groups -OCH3 is 1. The molecule has 0 saturated heterocycles. The zero-order chi connectivity index (χ0) is 12.4. The van der Waals surface area contributed by atoms with Gasteiger partial charge in [0, 0.05) is 17.1 Å². The molecule has 0 saturated carbocycles. The lowest BCUT2D eigenvalue weighted by Gasteiger charge is -2.08. The van der Waals surface area contributed by atoms with E-state index in [9.17, 15) is 4.39 Å². The van der Waals surface area contributed by atoms with Gasteiger partial charge in [0.1, 0.15) is 17.1 Å². The van der Waals surface area contributed by atoms with Gasteiger partial charge in [0.2, 0.25) is 0 Å². The van der Waals surface area contributed by atoms with Crippen LogP contribution in [0.3, 0.4) is 0 Å². The molecule has 0 atom stereocenters. The second kappa shape index (κ2) is 4.88. The van der Waals surface area contributed by atoms with Crippen LogP contribution in [0.2, 0.25) is 5.02 Å². The summed E-state index contributed by atoms with van der Waals surface area (Å²) in [7, 11) is 1.50. The van der Waals surface area contributed by atoms with E-state index in [1.165, 1.54) is 19.2 Å². The van der Waals surface area contributed by atoms with E-state index in [-0.39, 0.29) is 5.82 Å². The van der Waals surface area contributed by atoms with E-state index in [4.69, 9.17) is 16.3 Å². The normalized spacial score (nSPS) is 10.8.